The molecular formula is C16H20N2O3. The standard InChI is InChI=1S/C16H20N2O3/c1-12(19)9-14-6-4-8-18(14)16(20)11-21-15-7-3-2-5-13(15)10-17/h2-3,5,7,12,14,19H,4,6,8-9,11H2,1H3. The van der Waals surface area contributed by atoms with Gasteiger partial charge in [0.05, 0.1) is 11.7 Å². The summed E-state index contributed by atoms with van der Waals surface area (Å²) < 4.78 is 5.48. The predicted octanol–water partition coefficient (Wildman–Crippen LogP) is 1.70. The predicted molar refractivity (Wildman–Crippen MR) is 77.7 cm³/mol. The first-order valence-electron chi connectivity index (χ1n) is 7.21. The minimum atomic E-state index is -0.413. The summed E-state index contributed by atoms with van der Waals surface area (Å²) in [5, 5.41) is 18.5. The van der Waals surface area contributed by atoms with E-state index in [-0.39, 0.29) is 18.6 Å². The lowest BCUT2D eigenvalue weighted by Gasteiger charge is -2.25. The monoisotopic (exact) mass is 288 g/mol. The maximum atomic E-state index is 12.2. The zero-order valence-electron chi connectivity index (χ0n) is 12.2. The Morgan fingerprint density at radius 3 is 3.05 bits per heavy atom. The second kappa shape index (κ2) is 7.09. The fourth-order valence-electron chi connectivity index (χ4n) is 2.71. The van der Waals surface area contributed by atoms with Crippen LogP contribution in [0.15, 0.2) is 24.3 Å². The Kier molecular flexibility index (Phi) is 5.18. The second-order valence-corrected chi connectivity index (χ2v) is 5.36. The van der Waals surface area contributed by atoms with Gasteiger partial charge >= 0.3 is 0 Å². The number of likely N-dealkylation sites (tertiary alicyclic amines) is 1. The number of hydrogen-bond acceptors (Lipinski definition) is 4. The Labute approximate surface area is 124 Å². The molecule has 2 unspecified atom stereocenters. The van der Waals surface area contributed by atoms with Crippen LogP contribution >= 0.6 is 0 Å². The van der Waals surface area contributed by atoms with Crippen molar-refractivity contribution in [2.24, 2.45) is 0 Å². The van der Waals surface area contributed by atoms with Crippen LogP contribution < -0.4 is 4.74 Å². The first-order chi connectivity index (χ1) is 10.1. The molecule has 0 bridgehead atoms. The van der Waals surface area contributed by atoms with Crippen molar-refractivity contribution in [3.05, 3.63) is 29.8 Å². The number of rotatable bonds is 5. The molecule has 1 aliphatic heterocycles. The van der Waals surface area contributed by atoms with Crippen LogP contribution in [-0.2, 0) is 4.79 Å². The van der Waals surface area contributed by atoms with Crippen molar-refractivity contribution in [1.82, 2.24) is 4.90 Å². The molecule has 112 valence electrons. The van der Waals surface area contributed by atoms with Crippen LogP contribution in [0, 0.1) is 11.3 Å². The number of ether oxygens (including phenoxy) is 1. The van der Waals surface area contributed by atoms with E-state index in [9.17, 15) is 9.90 Å². The highest BCUT2D eigenvalue weighted by Crippen LogP contribution is 2.22. The van der Waals surface area contributed by atoms with E-state index in [0.29, 0.717) is 24.3 Å². The molecule has 0 aliphatic carbocycles. The molecule has 2 rings (SSSR count). The normalized spacial score (nSPS) is 19.1. The molecule has 21 heavy (non-hydrogen) atoms. The van der Waals surface area contributed by atoms with Crippen LogP contribution in [0.25, 0.3) is 0 Å². The van der Waals surface area contributed by atoms with Crippen molar-refractivity contribution in [1.29, 1.82) is 5.26 Å². The Balaban J connectivity index is 1.94. The lowest BCUT2D eigenvalue weighted by atomic mass is 10.1. The number of benzene rings is 1. The van der Waals surface area contributed by atoms with E-state index in [2.05, 4.69) is 0 Å². The molecule has 1 heterocycles. The molecule has 2 atom stereocenters. The van der Waals surface area contributed by atoms with Gasteiger partial charge in [0.1, 0.15) is 11.8 Å². The lowest BCUT2D eigenvalue weighted by Crippen LogP contribution is -2.40. The Bertz CT molecular complexity index is 537. The number of carbonyl (C=O) groups is 1. The summed E-state index contributed by atoms with van der Waals surface area (Å²) in [6.07, 6.45) is 2.06. The summed E-state index contributed by atoms with van der Waals surface area (Å²) in [6, 6.07) is 9.00. The van der Waals surface area contributed by atoms with Crippen LogP contribution in [0.3, 0.4) is 0 Å². The fraction of sp³-hybridized carbons (Fsp3) is 0.500. The summed E-state index contributed by atoms with van der Waals surface area (Å²) >= 11 is 0. The number of aliphatic hydroxyl groups excluding tert-OH is 1. The molecule has 0 radical (unpaired) electrons. The van der Waals surface area contributed by atoms with Gasteiger partial charge in [0.2, 0.25) is 0 Å². The average molecular weight is 288 g/mol. The molecule has 1 amide bonds. The summed E-state index contributed by atoms with van der Waals surface area (Å²) in [7, 11) is 0. The first kappa shape index (κ1) is 15.3. The van der Waals surface area contributed by atoms with Gasteiger partial charge in [-0.2, -0.15) is 5.26 Å². The molecule has 5 heteroatoms. The summed E-state index contributed by atoms with van der Waals surface area (Å²) in [6.45, 7) is 2.37. The third-order valence-corrected chi connectivity index (χ3v) is 3.67. The van der Waals surface area contributed by atoms with Gasteiger partial charge in [-0.1, -0.05) is 12.1 Å². The van der Waals surface area contributed by atoms with E-state index in [1.165, 1.54) is 0 Å². The first-order valence-corrected chi connectivity index (χ1v) is 7.21. The summed E-state index contributed by atoms with van der Waals surface area (Å²) in [4.78, 5) is 14.0. The van der Waals surface area contributed by atoms with Crippen molar-refractivity contribution >= 4 is 5.91 Å². The van der Waals surface area contributed by atoms with Crippen LogP contribution in [-0.4, -0.2) is 41.2 Å². The fourth-order valence-corrected chi connectivity index (χ4v) is 2.71. The topological polar surface area (TPSA) is 73.6 Å². The zero-order chi connectivity index (χ0) is 15.2. The number of nitriles is 1. The van der Waals surface area contributed by atoms with Crippen molar-refractivity contribution in [3.63, 3.8) is 0 Å². The molecule has 0 spiro atoms. The smallest absolute Gasteiger partial charge is 0.260 e. The zero-order valence-corrected chi connectivity index (χ0v) is 12.2. The quantitative estimate of drug-likeness (QED) is 0.895. The third-order valence-electron chi connectivity index (χ3n) is 3.67. The molecule has 1 saturated heterocycles. The SMILES string of the molecule is CC(O)CC1CCCN1C(=O)COc1ccccc1C#N. The average Bonchev–Trinajstić information content (AvgIpc) is 2.92. The number of hydrogen-bond donors (Lipinski definition) is 1. The van der Waals surface area contributed by atoms with Crippen molar-refractivity contribution in [2.45, 2.75) is 38.3 Å². The maximum Gasteiger partial charge on any atom is 0.260 e. The summed E-state index contributed by atoms with van der Waals surface area (Å²) in [5.41, 5.74) is 0.423. The van der Waals surface area contributed by atoms with Gasteiger partial charge in [0.25, 0.3) is 5.91 Å². The van der Waals surface area contributed by atoms with E-state index in [1.54, 1.807) is 36.1 Å². The van der Waals surface area contributed by atoms with Crippen molar-refractivity contribution in [2.75, 3.05) is 13.2 Å². The molecular weight excluding hydrogens is 268 g/mol. The molecule has 1 aromatic carbocycles. The number of carbonyl (C=O) groups excluding carboxylic acids is 1. The Morgan fingerprint density at radius 1 is 1.57 bits per heavy atom. The summed E-state index contributed by atoms with van der Waals surface area (Å²) in [5.74, 6) is 0.338. The number of nitrogens with zero attached hydrogens (tertiary/aromatic N) is 2. The molecule has 0 aromatic heterocycles. The van der Waals surface area contributed by atoms with Gasteiger partial charge < -0.3 is 14.7 Å². The Hall–Kier alpha value is -2.06. The third kappa shape index (κ3) is 3.96. The van der Waals surface area contributed by atoms with E-state index < -0.39 is 6.10 Å². The molecule has 1 aliphatic rings. The lowest BCUT2D eigenvalue weighted by molar-refractivity contribution is -0.134. The molecule has 1 N–H and O–H groups in total. The minimum Gasteiger partial charge on any atom is -0.482 e. The number of aliphatic hydroxyl groups is 1. The van der Waals surface area contributed by atoms with E-state index in [1.807, 2.05) is 6.07 Å². The van der Waals surface area contributed by atoms with E-state index in [0.717, 1.165) is 12.8 Å². The van der Waals surface area contributed by atoms with Gasteiger partial charge in [-0.3, -0.25) is 4.79 Å². The minimum absolute atomic E-state index is 0.0744. The second-order valence-electron chi connectivity index (χ2n) is 5.36. The largest absolute Gasteiger partial charge is 0.482 e. The van der Waals surface area contributed by atoms with E-state index >= 15 is 0 Å². The number of para-hydroxylation sites is 1. The van der Waals surface area contributed by atoms with E-state index in [4.69, 9.17) is 10.00 Å². The van der Waals surface area contributed by atoms with Crippen LogP contribution in [0.5, 0.6) is 5.75 Å². The van der Waals surface area contributed by atoms with Crippen molar-refractivity contribution in [3.8, 4) is 11.8 Å². The van der Waals surface area contributed by atoms with Gasteiger partial charge in [-0.15, -0.1) is 0 Å². The Morgan fingerprint density at radius 2 is 2.33 bits per heavy atom. The van der Waals surface area contributed by atoms with Crippen LogP contribution in [0.4, 0.5) is 0 Å². The van der Waals surface area contributed by atoms with Gasteiger partial charge in [0.15, 0.2) is 6.61 Å². The van der Waals surface area contributed by atoms with Crippen molar-refractivity contribution < 1.29 is 14.6 Å². The molecule has 1 fully saturated rings. The van der Waals surface area contributed by atoms with Gasteiger partial charge in [0, 0.05) is 12.6 Å². The highest BCUT2D eigenvalue weighted by atomic mass is 16.5. The highest BCUT2D eigenvalue weighted by Gasteiger charge is 2.29. The van der Waals surface area contributed by atoms with Gasteiger partial charge in [-0.25, -0.2) is 0 Å². The molecule has 5 nitrogen and oxygen atoms in total. The van der Waals surface area contributed by atoms with Crippen LogP contribution in [0.2, 0.25) is 0 Å². The molecule has 1 aromatic rings. The highest BCUT2D eigenvalue weighted by molar-refractivity contribution is 5.78. The van der Waals surface area contributed by atoms with Crippen LogP contribution in [0.1, 0.15) is 31.7 Å². The molecule has 0 saturated carbocycles. The number of amides is 1. The maximum absolute atomic E-state index is 12.2. The van der Waals surface area contributed by atoms with Gasteiger partial charge in [-0.05, 0) is 38.3 Å².